The largest absolute Gasteiger partial charge is 0.493 e. The zero-order valence-electron chi connectivity index (χ0n) is 13.4. The molecule has 6 nitrogen and oxygen atoms in total. The molecule has 0 radical (unpaired) electrons. The summed E-state index contributed by atoms with van der Waals surface area (Å²) in [7, 11) is 3.52. The lowest BCUT2D eigenvalue weighted by Gasteiger charge is -2.20. The smallest absolute Gasteiger partial charge is 0.280 e. The molecule has 2 aromatic rings. The van der Waals surface area contributed by atoms with Gasteiger partial charge in [0.1, 0.15) is 4.47 Å². The van der Waals surface area contributed by atoms with Gasteiger partial charge in [0.15, 0.2) is 11.5 Å². The van der Waals surface area contributed by atoms with Crippen LogP contribution in [0.15, 0.2) is 33.7 Å². The van der Waals surface area contributed by atoms with Gasteiger partial charge in [0.05, 0.1) is 25.6 Å². The molecule has 0 atom stereocenters. The van der Waals surface area contributed by atoms with Crippen LogP contribution in [0.5, 0.6) is 11.5 Å². The average Bonchev–Trinajstić information content (AvgIpc) is 2.55. The van der Waals surface area contributed by atoms with Gasteiger partial charge in [-0.15, -0.1) is 0 Å². The molecule has 0 aliphatic carbocycles. The highest BCUT2D eigenvalue weighted by molar-refractivity contribution is 9.10. The van der Waals surface area contributed by atoms with E-state index in [0.717, 1.165) is 23.4 Å². The lowest BCUT2D eigenvalue weighted by atomic mass is 10.2. The molecule has 1 aromatic heterocycles. The molecular formula is C16H20BrN3O3. The first-order valence-corrected chi connectivity index (χ1v) is 8.10. The molecule has 0 fully saturated rings. The van der Waals surface area contributed by atoms with Crippen molar-refractivity contribution in [3.8, 4) is 11.5 Å². The molecule has 0 bridgehead atoms. The summed E-state index contributed by atoms with van der Waals surface area (Å²) in [5.41, 5.74) is 1.52. The molecule has 124 valence electrons. The maximum atomic E-state index is 11.6. The minimum Gasteiger partial charge on any atom is -0.493 e. The first-order chi connectivity index (χ1) is 11.1. The van der Waals surface area contributed by atoms with Gasteiger partial charge < -0.3 is 14.4 Å². The molecule has 0 amide bonds. The molecule has 2 rings (SSSR count). The lowest BCUT2D eigenvalue weighted by molar-refractivity contribution is 0.294. The summed E-state index contributed by atoms with van der Waals surface area (Å²) in [6.07, 6.45) is 2.54. The zero-order chi connectivity index (χ0) is 16.8. The summed E-state index contributed by atoms with van der Waals surface area (Å²) in [5, 5.41) is 6.23. The quantitative estimate of drug-likeness (QED) is 0.798. The number of anilines is 1. The minimum atomic E-state index is -0.254. The highest BCUT2D eigenvalue weighted by Gasteiger charge is 2.12. The Morgan fingerprint density at radius 2 is 2.13 bits per heavy atom. The van der Waals surface area contributed by atoms with Crippen LogP contribution >= 0.6 is 15.9 Å². The Morgan fingerprint density at radius 1 is 1.35 bits per heavy atom. The van der Waals surface area contributed by atoms with Crippen molar-refractivity contribution in [2.24, 2.45) is 0 Å². The van der Waals surface area contributed by atoms with E-state index < -0.39 is 0 Å². The normalized spacial score (nSPS) is 10.4. The molecule has 0 spiro atoms. The second-order valence-electron chi connectivity index (χ2n) is 5.09. The van der Waals surface area contributed by atoms with Crippen LogP contribution in [-0.2, 0) is 6.54 Å². The molecule has 0 aliphatic rings. The fourth-order valence-corrected chi connectivity index (χ4v) is 2.64. The first kappa shape index (κ1) is 17.3. The number of hydrogen-bond acceptors (Lipinski definition) is 5. The molecule has 1 aromatic carbocycles. The summed E-state index contributed by atoms with van der Waals surface area (Å²) in [5.74, 6) is 1.44. The SMILES string of the molecule is CCCOc1cc(CN(C)c2cn[nH]c(=O)c2Br)ccc1OC. The van der Waals surface area contributed by atoms with Crippen LogP contribution in [-0.4, -0.2) is 31.0 Å². The van der Waals surface area contributed by atoms with Gasteiger partial charge in [-0.25, -0.2) is 5.10 Å². The van der Waals surface area contributed by atoms with Crippen LogP contribution in [0.2, 0.25) is 0 Å². The van der Waals surface area contributed by atoms with Crippen LogP contribution in [0.25, 0.3) is 0 Å². The van der Waals surface area contributed by atoms with Crippen molar-refractivity contribution in [3.63, 3.8) is 0 Å². The molecule has 7 heteroatoms. The molecule has 0 unspecified atom stereocenters. The van der Waals surface area contributed by atoms with Gasteiger partial charge in [-0.2, -0.15) is 5.10 Å². The maximum Gasteiger partial charge on any atom is 0.280 e. The third-order valence-corrected chi connectivity index (χ3v) is 4.06. The second-order valence-corrected chi connectivity index (χ2v) is 5.88. The van der Waals surface area contributed by atoms with Crippen molar-refractivity contribution in [1.82, 2.24) is 10.2 Å². The van der Waals surface area contributed by atoms with E-state index in [1.54, 1.807) is 13.3 Å². The number of nitrogens with zero attached hydrogens (tertiary/aromatic N) is 2. The summed E-state index contributed by atoms with van der Waals surface area (Å²) < 4.78 is 11.5. The van der Waals surface area contributed by atoms with Crippen molar-refractivity contribution in [1.29, 1.82) is 0 Å². The number of ether oxygens (including phenoxy) is 2. The van der Waals surface area contributed by atoms with Crippen LogP contribution in [0, 0.1) is 0 Å². The topological polar surface area (TPSA) is 67.5 Å². The number of nitrogens with one attached hydrogen (secondary N) is 1. The van der Waals surface area contributed by atoms with Crippen molar-refractivity contribution in [3.05, 3.63) is 44.8 Å². The summed E-state index contributed by atoms with van der Waals surface area (Å²) in [6.45, 7) is 3.30. The predicted molar refractivity (Wildman–Crippen MR) is 93.4 cm³/mol. The molecular weight excluding hydrogens is 362 g/mol. The van der Waals surface area contributed by atoms with E-state index in [1.807, 2.05) is 30.1 Å². The molecule has 23 heavy (non-hydrogen) atoms. The Morgan fingerprint density at radius 3 is 2.83 bits per heavy atom. The van der Waals surface area contributed by atoms with E-state index in [1.165, 1.54) is 0 Å². The van der Waals surface area contributed by atoms with Crippen molar-refractivity contribution < 1.29 is 9.47 Å². The molecule has 0 saturated carbocycles. The number of methoxy groups -OCH3 is 1. The Kier molecular flexibility index (Phi) is 6.04. The predicted octanol–water partition coefficient (Wildman–Crippen LogP) is 2.97. The Hall–Kier alpha value is -2.02. The zero-order valence-corrected chi connectivity index (χ0v) is 15.0. The number of H-pyrrole nitrogens is 1. The average molecular weight is 382 g/mol. The molecule has 0 aliphatic heterocycles. The number of aromatic nitrogens is 2. The van der Waals surface area contributed by atoms with E-state index in [4.69, 9.17) is 9.47 Å². The number of rotatable bonds is 7. The van der Waals surface area contributed by atoms with E-state index >= 15 is 0 Å². The van der Waals surface area contributed by atoms with Crippen molar-refractivity contribution >= 4 is 21.6 Å². The Balaban J connectivity index is 2.22. The van der Waals surface area contributed by atoms with E-state index in [-0.39, 0.29) is 5.56 Å². The van der Waals surface area contributed by atoms with Gasteiger partial charge in [-0.05, 0) is 40.0 Å². The van der Waals surface area contributed by atoms with Crippen LogP contribution in [0.1, 0.15) is 18.9 Å². The third-order valence-electron chi connectivity index (χ3n) is 3.30. The molecule has 1 N–H and O–H groups in total. The highest BCUT2D eigenvalue weighted by Crippen LogP contribution is 2.29. The van der Waals surface area contributed by atoms with Crippen LogP contribution in [0.3, 0.4) is 0 Å². The second kappa shape index (κ2) is 8.01. The third kappa shape index (κ3) is 4.25. The van der Waals surface area contributed by atoms with Crippen molar-refractivity contribution in [2.45, 2.75) is 19.9 Å². The highest BCUT2D eigenvalue weighted by atomic mass is 79.9. The van der Waals surface area contributed by atoms with Gasteiger partial charge in [0, 0.05) is 13.6 Å². The number of benzene rings is 1. The van der Waals surface area contributed by atoms with E-state index in [0.29, 0.717) is 23.4 Å². The van der Waals surface area contributed by atoms with E-state index in [2.05, 4.69) is 33.1 Å². The number of hydrogen-bond donors (Lipinski definition) is 1. The minimum absolute atomic E-state index is 0.254. The summed E-state index contributed by atoms with van der Waals surface area (Å²) >= 11 is 3.30. The number of halogens is 1. The maximum absolute atomic E-state index is 11.6. The van der Waals surface area contributed by atoms with E-state index in [9.17, 15) is 4.79 Å². The Labute approximate surface area is 143 Å². The van der Waals surface area contributed by atoms with Gasteiger partial charge in [-0.1, -0.05) is 13.0 Å². The van der Waals surface area contributed by atoms with Gasteiger partial charge in [0.25, 0.3) is 5.56 Å². The lowest BCUT2D eigenvalue weighted by Crippen LogP contribution is -2.21. The first-order valence-electron chi connectivity index (χ1n) is 7.30. The summed E-state index contributed by atoms with van der Waals surface area (Å²) in [6, 6.07) is 5.82. The van der Waals surface area contributed by atoms with Crippen LogP contribution in [0.4, 0.5) is 5.69 Å². The van der Waals surface area contributed by atoms with Crippen molar-refractivity contribution in [2.75, 3.05) is 25.7 Å². The Bertz CT molecular complexity index is 718. The van der Waals surface area contributed by atoms with Crippen LogP contribution < -0.4 is 19.9 Å². The monoisotopic (exact) mass is 381 g/mol. The molecule has 0 saturated heterocycles. The fourth-order valence-electron chi connectivity index (χ4n) is 2.14. The summed E-state index contributed by atoms with van der Waals surface area (Å²) in [4.78, 5) is 13.6. The van der Waals surface area contributed by atoms with Gasteiger partial charge >= 0.3 is 0 Å². The molecule has 1 heterocycles. The fraction of sp³-hybridized carbons (Fsp3) is 0.375. The number of aromatic amines is 1. The van der Waals surface area contributed by atoms with Gasteiger partial charge in [0.2, 0.25) is 0 Å². The van der Waals surface area contributed by atoms with Gasteiger partial charge in [-0.3, -0.25) is 4.79 Å². The standard InChI is InChI=1S/C16H20BrN3O3/c1-4-7-23-14-8-11(5-6-13(14)22-3)10-20(2)12-9-18-19-16(21)15(12)17/h5-6,8-9H,4,7,10H2,1-3H3,(H,19,21).